The number of pyridine rings is 1. The molecular weight excluding hydrogens is 1370 g/mol. The number of aromatic nitrogens is 4. The number of morpholine rings is 2. The first-order valence-electron chi connectivity index (χ1n) is 29.5. The molecule has 34 heteroatoms. The predicted molar refractivity (Wildman–Crippen MR) is 353 cm³/mol. The van der Waals surface area contributed by atoms with E-state index in [4.69, 9.17) is 49.1 Å². The molecule has 97 heavy (non-hydrogen) atoms. The third kappa shape index (κ3) is 23.3. The number of benzene rings is 4. The lowest BCUT2D eigenvalue weighted by atomic mass is 10.1. The van der Waals surface area contributed by atoms with Gasteiger partial charge in [-0.05, 0) is 129 Å². The molecule has 0 aliphatic carbocycles. The maximum atomic E-state index is 13.3. The fraction of sp³-hybridized carbons (Fsp3) is 0.333. The van der Waals surface area contributed by atoms with Crippen molar-refractivity contribution in [1.82, 2.24) is 29.7 Å². The Kier molecular flexibility index (Phi) is 27.1. The molecule has 2 aliphatic rings. The number of hydrogen-bond acceptors (Lipinski definition) is 20. The summed E-state index contributed by atoms with van der Waals surface area (Å²) in [4.78, 5) is 70.1. The number of anilines is 5. The van der Waals surface area contributed by atoms with Gasteiger partial charge in [-0.3, -0.25) is 24.1 Å². The molecule has 4 aromatic carbocycles. The van der Waals surface area contributed by atoms with Gasteiger partial charge >= 0.3 is 18.5 Å². The number of carbonyl (C=O) groups excluding carboxylic acids is 4. The zero-order valence-corrected chi connectivity index (χ0v) is 55.4. The van der Waals surface area contributed by atoms with Gasteiger partial charge in [0.2, 0.25) is 0 Å². The molecule has 4 atom stereocenters. The van der Waals surface area contributed by atoms with Crippen molar-refractivity contribution < 1.29 is 73.3 Å². The maximum Gasteiger partial charge on any atom is 0.416 e. The summed E-state index contributed by atoms with van der Waals surface area (Å²) in [5.74, 6) is -1.49. The van der Waals surface area contributed by atoms with E-state index >= 15 is 0 Å². The number of alkyl halides is 9. The van der Waals surface area contributed by atoms with E-state index in [1.54, 1.807) is 33.0 Å². The molecule has 0 spiro atoms. The van der Waals surface area contributed by atoms with Gasteiger partial charge in [-0.15, -0.1) is 34.0 Å². The van der Waals surface area contributed by atoms with Gasteiger partial charge in [0, 0.05) is 78.3 Å². The number of nitrogens with one attached hydrogen (secondary N) is 4. The van der Waals surface area contributed by atoms with Crippen molar-refractivity contribution in [2.45, 2.75) is 83.5 Å². The van der Waals surface area contributed by atoms with Crippen LogP contribution in [0.5, 0.6) is 0 Å². The molecule has 10 rings (SSSR count). The molecule has 0 saturated carbocycles. The molecule has 520 valence electrons. The van der Waals surface area contributed by atoms with Crippen molar-refractivity contribution in [1.29, 1.82) is 0 Å². The summed E-state index contributed by atoms with van der Waals surface area (Å²) >= 11 is 9.05. The van der Waals surface area contributed by atoms with Gasteiger partial charge in [0.25, 0.3) is 23.6 Å². The lowest BCUT2D eigenvalue weighted by Crippen LogP contribution is -2.40. The van der Waals surface area contributed by atoms with Crippen molar-refractivity contribution in [2.75, 3.05) is 73.9 Å². The Morgan fingerprint density at radius 3 is 1.33 bits per heavy atom. The van der Waals surface area contributed by atoms with Crippen LogP contribution in [0.2, 0.25) is 5.02 Å². The van der Waals surface area contributed by atoms with Crippen LogP contribution in [0.25, 0.3) is 0 Å². The normalized spacial score (nSPS) is 14.8. The molecule has 8 aromatic rings. The minimum absolute atomic E-state index is 0.00656. The van der Waals surface area contributed by atoms with Gasteiger partial charge in [0.1, 0.15) is 35.5 Å². The number of nitrogens with two attached hydrogens (primary N) is 4. The van der Waals surface area contributed by atoms with E-state index in [0.29, 0.717) is 71.5 Å². The Bertz CT molecular complexity index is 3930. The second-order valence-corrected chi connectivity index (χ2v) is 25.5. The van der Waals surface area contributed by atoms with Crippen LogP contribution in [0.1, 0.15) is 140 Å². The minimum Gasteiger partial charge on any atom is -0.392 e. The van der Waals surface area contributed by atoms with E-state index < -0.39 is 65.5 Å². The summed E-state index contributed by atoms with van der Waals surface area (Å²) in [5.41, 5.74) is 22.4. The first-order chi connectivity index (χ1) is 45.7. The highest BCUT2D eigenvalue weighted by molar-refractivity contribution is 7.14. The van der Waals surface area contributed by atoms with Gasteiger partial charge < -0.3 is 63.7 Å². The van der Waals surface area contributed by atoms with E-state index in [0.717, 1.165) is 92.5 Å². The van der Waals surface area contributed by atoms with Crippen LogP contribution in [0.4, 0.5) is 68.1 Å². The fourth-order valence-corrected chi connectivity index (χ4v) is 11.2. The average Bonchev–Trinajstić information content (AvgIpc) is 1.34. The van der Waals surface area contributed by atoms with Crippen LogP contribution in [0.3, 0.4) is 0 Å². The Morgan fingerprint density at radius 1 is 0.526 bits per heavy atom. The first-order valence-corrected chi connectivity index (χ1v) is 32.3. The number of aliphatic hydroxyl groups is 1. The van der Waals surface area contributed by atoms with Gasteiger partial charge in [0.15, 0.2) is 0 Å². The molecular formula is C63H68ClF9N14O7S3. The summed E-state index contributed by atoms with van der Waals surface area (Å²) in [6, 6.07) is 19.7. The lowest BCUT2D eigenvalue weighted by Gasteiger charge is -2.27. The minimum atomic E-state index is -4.67. The number of halogens is 10. The van der Waals surface area contributed by atoms with Crippen LogP contribution in [-0.4, -0.2) is 111 Å². The van der Waals surface area contributed by atoms with Crippen LogP contribution in [-0.2, 0) is 41.2 Å². The number of rotatable bonds is 16. The molecule has 21 nitrogen and oxygen atoms in total. The zero-order valence-electron chi connectivity index (χ0n) is 52.2. The number of carbonyl (C=O) groups is 4. The second-order valence-electron chi connectivity index (χ2n) is 21.9. The van der Waals surface area contributed by atoms with E-state index in [2.05, 4.69) is 41.2 Å². The first kappa shape index (κ1) is 76.3. The van der Waals surface area contributed by atoms with E-state index in [1.165, 1.54) is 35.6 Å². The Balaban J connectivity index is 0.000000185. The molecule has 2 aliphatic heterocycles. The summed E-state index contributed by atoms with van der Waals surface area (Å²) in [7, 11) is 0. The Hall–Kier alpha value is -8.06. The van der Waals surface area contributed by atoms with Gasteiger partial charge in [-0.2, -0.15) is 39.5 Å². The van der Waals surface area contributed by atoms with Crippen LogP contribution >= 0.6 is 45.6 Å². The van der Waals surface area contributed by atoms with Gasteiger partial charge in [0.05, 0.1) is 86.4 Å². The van der Waals surface area contributed by atoms with Crippen LogP contribution in [0, 0.1) is 0 Å². The summed E-state index contributed by atoms with van der Waals surface area (Å²) in [6.07, 6.45) is -7.97. The van der Waals surface area contributed by atoms with E-state index in [1.807, 2.05) is 48.2 Å². The maximum absolute atomic E-state index is 13.3. The summed E-state index contributed by atoms with van der Waals surface area (Å²) < 4.78 is 129. The molecule has 2 saturated heterocycles. The zero-order chi connectivity index (χ0) is 70.9. The number of thiazole rings is 3. The number of amides is 4. The molecule has 2 fully saturated rings. The number of hydrogen-bond donors (Lipinski definition) is 9. The predicted octanol–water partition coefficient (Wildman–Crippen LogP) is 12.6. The SMILES string of the molecule is CC(N)c1ccc(Nc2ccc(Cl)cc2)nc1.CC(N)c1ncc(C(=O)Nc2cc(C(=O)N3CCOCC3)cc(C(F)(F)F)c2)s1.CC(N)c1ncc(C(=O)Nc2cc(CN3CCOCC3)cc(C(F)(F)F)c2)s1.CC(N)c1ncc(C(=O)Nc2cc(CO)cc(C(F)(F)F)c2)s1. The van der Waals surface area contributed by atoms with Crippen molar-refractivity contribution in [3.05, 3.63) is 189 Å². The average molecular weight is 1440 g/mol. The van der Waals surface area contributed by atoms with E-state index in [-0.39, 0.29) is 75.2 Å². The largest absolute Gasteiger partial charge is 0.416 e. The molecule has 13 N–H and O–H groups in total. The third-order valence-electron chi connectivity index (χ3n) is 13.8. The molecule has 0 bridgehead atoms. The number of aliphatic hydroxyl groups excluding tert-OH is 1. The van der Waals surface area contributed by atoms with Crippen molar-refractivity contribution >= 4 is 97.8 Å². The fourth-order valence-electron chi connectivity index (χ4n) is 8.81. The highest BCUT2D eigenvalue weighted by Crippen LogP contribution is 2.36. The molecule has 6 heterocycles. The van der Waals surface area contributed by atoms with Crippen molar-refractivity contribution in [3.63, 3.8) is 0 Å². The molecule has 4 aromatic heterocycles. The molecule has 0 radical (unpaired) electrons. The van der Waals surface area contributed by atoms with Crippen LogP contribution in [0.15, 0.2) is 116 Å². The summed E-state index contributed by atoms with van der Waals surface area (Å²) in [5, 5.41) is 22.0. The molecule has 4 amide bonds. The van der Waals surface area contributed by atoms with Gasteiger partial charge in [-0.25, -0.2) is 19.9 Å². The van der Waals surface area contributed by atoms with E-state index in [9.17, 15) is 58.7 Å². The second kappa shape index (κ2) is 34.4. The lowest BCUT2D eigenvalue weighted by molar-refractivity contribution is -0.138. The monoisotopic (exact) mass is 1430 g/mol. The standard InChI is InChI=1S/C18H19F3N4O3S.C18H21F3N4O2S.C14H14F3N3O2S.C13H14ClN3/c1-10(22)16-23-9-14(29-16)15(26)24-13-7-11(6-12(8-13)18(19,20)21)17(27)25-2-4-28-5-3-25;1-11(22)17-23-9-15(28-17)16(26)24-14-7-12(6-13(8-14)18(19,20)21)10-25-2-4-27-5-3-25;1-7(18)13-19-5-11(23-13)12(22)20-10-3-8(6-21)2-9(4-10)14(15,16)17;1-9(15)10-2-7-13(16-8-10)17-12-5-3-11(14)4-6-12/h6-10H,2-5,22H2,1H3,(H,24,26);6-9,11H,2-5,10,22H2,1H3,(H,24,26);2-5,7,21H,6,18H2,1H3,(H,20,22);2-9H,15H2,1H3,(H,16,17). The topological polar surface area (TPSA) is 317 Å². The quantitative estimate of drug-likeness (QED) is 0.0406. The highest BCUT2D eigenvalue weighted by Gasteiger charge is 2.35. The third-order valence-corrected chi connectivity index (χ3v) is 17.6. The smallest absolute Gasteiger partial charge is 0.392 e. The Labute approximate surface area is 567 Å². The number of nitrogens with zero attached hydrogens (tertiary/aromatic N) is 6. The molecule has 4 unspecified atom stereocenters. The highest BCUT2D eigenvalue weighted by atomic mass is 35.5. The van der Waals surface area contributed by atoms with Gasteiger partial charge in [-0.1, -0.05) is 17.7 Å². The van der Waals surface area contributed by atoms with Crippen LogP contribution < -0.4 is 44.2 Å². The van der Waals surface area contributed by atoms with Crippen molar-refractivity contribution in [3.8, 4) is 0 Å². The summed E-state index contributed by atoms with van der Waals surface area (Å²) in [6.45, 7) is 10.5. The van der Waals surface area contributed by atoms with Crippen molar-refractivity contribution in [2.24, 2.45) is 22.9 Å². The Morgan fingerprint density at radius 2 is 0.938 bits per heavy atom. The number of ether oxygens (including phenoxy) is 2.